The van der Waals surface area contributed by atoms with Crippen molar-refractivity contribution in [2.75, 3.05) is 13.2 Å². The zero-order valence-corrected chi connectivity index (χ0v) is 14.8. The third kappa shape index (κ3) is 5.01. The number of para-hydroxylation sites is 1. The lowest BCUT2D eigenvalue weighted by Gasteiger charge is -2.16. The maximum Gasteiger partial charge on any atom is 0.260 e. The molecule has 2 aromatic rings. The summed E-state index contributed by atoms with van der Waals surface area (Å²) in [5.74, 6) is 1.42. The molecule has 1 atom stereocenters. The number of carbonyl (C=O) groups excluding carboxylic acids is 1. The second-order valence-electron chi connectivity index (χ2n) is 5.93. The molecule has 4 heteroatoms. The van der Waals surface area contributed by atoms with Crippen LogP contribution in [0.4, 0.5) is 0 Å². The summed E-state index contributed by atoms with van der Waals surface area (Å²) in [6, 6.07) is 13.7. The Morgan fingerprint density at radius 1 is 1.04 bits per heavy atom. The summed E-state index contributed by atoms with van der Waals surface area (Å²) in [4.78, 5) is 12.1. The highest BCUT2D eigenvalue weighted by atomic mass is 16.5. The average molecular weight is 327 g/mol. The molecule has 0 aliphatic carbocycles. The highest BCUT2D eigenvalue weighted by Crippen LogP contribution is 2.19. The van der Waals surface area contributed by atoms with E-state index in [1.54, 1.807) is 6.92 Å². The van der Waals surface area contributed by atoms with Crippen molar-refractivity contribution in [3.05, 3.63) is 59.2 Å². The van der Waals surface area contributed by atoms with Gasteiger partial charge in [-0.1, -0.05) is 35.9 Å². The van der Waals surface area contributed by atoms with Gasteiger partial charge in [-0.3, -0.25) is 4.79 Å². The van der Waals surface area contributed by atoms with Crippen LogP contribution in [0.15, 0.2) is 42.5 Å². The topological polar surface area (TPSA) is 47.6 Å². The Balaban J connectivity index is 1.75. The number of amides is 1. The summed E-state index contributed by atoms with van der Waals surface area (Å²) in [7, 11) is 0. The molecule has 2 rings (SSSR count). The van der Waals surface area contributed by atoms with Crippen LogP contribution in [0.3, 0.4) is 0 Å². The maximum atomic E-state index is 12.1. The number of aryl methyl sites for hydroxylation is 3. The third-order valence-electron chi connectivity index (χ3n) is 3.76. The molecule has 128 valence electrons. The first kappa shape index (κ1) is 17.9. The van der Waals surface area contributed by atoms with E-state index in [1.165, 1.54) is 5.56 Å². The van der Waals surface area contributed by atoms with Crippen LogP contribution in [-0.2, 0) is 4.79 Å². The highest BCUT2D eigenvalue weighted by molar-refractivity contribution is 5.80. The van der Waals surface area contributed by atoms with E-state index in [2.05, 4.69) is 11.4 Å². The Morgan fingerprint density at radius 2 is 1.79 bits per heavy atom. The summed E-state index contributed by atoms with van der Waals surface area (Å²) in [6.07, 6.45) is -0.549. The first-order chi connectivity index (χ1) is 11.5. The van der Waals surface area contributed by atoms with Crippen molar-refractivity contribution in [2.45, 2.75) is 33.8 Å². The zero-order chi connectivity index (χ0) is 17.5. The molecule has 0 saturated carbocycles. The van der Waals surface area contributed by atoms with Crippen LogP contribution >= 0.6 is 0 Å². The quantitative estimate of drug-likeness (QED) is 0.791. The smallest absolute Gasteiger partial charge is 0.260 e. The summed E-state index contributed by atoms with van der Waals surface area (Å²) < 4.78 is 11.4. The minimum Gasteiger partial charge on any atom is -0.491 e. The highest BCUT2D eigenvalue weighted by Gasteiger charge is 2.14. The summed E-state index contributed by atoms with van der Waals surface area (Å²) >= 11 is 0. The minimum atomic E-state index is -0.549. The van der Waals surface area contributed by atoms with Crippen LogP contribution in [0.1, 0.15) is 23.6 Å². The van der Waals surface area contributed by atoms with Gasteiger partial charge >= 0.3 is 0 Å². The number of hydrogen-bond donors (Lipinski definition) is 1. The fourth-order valence-electron chi connectivity index (χ4n) is 2.37. The first-order valence-electron chi connectivity index (χ1n) is 8.17. The molecule has 0 unspecified atom stereocenters. The second kappa shape index (κ2) is 8.39. The molecule has 1 amide bonds. The monoisotopic (exact) mass is 327 g/mol. The van der Waals surface area contributed by atoms with E-state index < -0.39 is 6.10 Å². The van der Waals surface area contributed by atoms with Crippen LogP contribution in [0.2, 0.25) is 0 Å². The van der Waals surface area contributed by atoms with E-state index >= 15 is 0 Å². The predicted octanol–water partition coefficient (Wildman–Crippen LogP) is 3.57. The van der Waals surface area contributed by atoms with Crippen LogP contribution < -0.4 is 14.8 Å². The standard InChI is InChI=1S/C20H25NO3/c1-14-9-10-18(16(3)13-14)23-12-11-21-20(22)17(4)24-19-8-6-5-7-15(19)2/h5-10,13,17H,11-12H2,1-4H3,(H,21,22)/t17-/m1/s1. The van der Waals surface area contributed by atoms with Crippen molar-refractivity contribution in [2.24, 2.45) is 0 Å². The number of hydrogen-bond acceptors (Lipinski definition) is 3. The van der Waals surface area contributed by atoms with E-state index in [0.29, 0.717) is 13.2 Å². The van der Waals surface area contributed by atoms with E-state index in [4.69, 9.17) is 9.47 Å². The van der Waals surface area contributed by atoms with Crippen molar-refractivity contribution in [1.29, 1.82) is 0 Å². The van der Waals surface area contributed by atoms with Crippen molar-refractivity contribution in [3.63, 3.8) is 0 Å². The number of nitrogens with one attached hydrogen (secondary N) is 1. The van der Waals surface area contributed by atoms with E-state index in [0.717, 1.165) is 22.6 Å². The van der Waals surface area contributed by atoms with Crippen molar-refractivity contribution >= 4 is 5.91 Å². The molecular formula is C20H25NO3. The largest absolute Gasteiger partial charge is 0.491 e. The lowest BCUT2D eigenvalue weighted by atomic mass is 10.1. The molecule has 4 nitrogen and oxygen atoms in total. The molecule has 0 aliphatic heterocycles. The predicted molar refractivity (Wildman–Crippen MR) is 95.7 cm³/mol. The summed E-state index contributed by atoms with van der Waals surface area (Å²) in [6.45, 7) is 8.62. The molecule has 0 aromatic heterocycles. The Labute approximate surface area is 143 Å². The number of carbonyl (C=O) groups is 1. The molecule has 2 aromatic carbocycles. The maximum absolute atomic E-state index is 12.1. The Kier molecular flexibility index (Phi) is 6.24. The van der Waals surface area contributed by atoms with Crippen molar-refractivity contribution in [3.8, 4) is 11.5 Å². The van der Waals surface area contributed by atoms with Gasteiger partial charge in [0.25, 0.3) is 5.91 Å². The first-order valence-corrected chi connectivity index (χ1v) is 8.17. The van der Waals surface area contributed by atoms with Crippen molar-refractivity contribution in [1.82, 2.24) is 5.32 Å². The van der Waals surface area contributed by atoms with Gasteiger partial charge in [-0.05, 0) is 51.0 Å². The fraction of sp³-hybridized carbons (Fsp3) is 0.350. The lowest BCUT2D eigenvalue weighted by molar-refractivity contribution is -0.127. The Morgan fingerprint density at radius 3 is 2.50 bits per heavy atom. The molecule has 0 aliphatic rings. The number of rotatable bonds is 7. The van der Waals surface area contributed by atoms with Gasteiger partial charge in [-0.2, -0.15) is 0 Å². The van der Waals surface area contributed by atoms with Crippen LogP contribution in [0, 0.1) is 20.8 Å². The van der Waals surface area contributed by atoms with E-state index in [9.17, 15) is 4.79 Å². The molecular weight excluding hydrogens is 302 g/mol. The number of benzene rings is 2. The van der Waals surface area contributed by atoms with Gasteiger partial charge in [-0.25, -0.2) is 0 Å². The molecule has 1 N–H and O–H groups in total. The molecule has 0 radical (unpaired) electrons. The van der Waals surface area contributed by atoms with Crippen molar-refractivity contribution < 1.29 is 14.3 Å². The Hall–Kier alpha value is -2.49. The van der Waals surface area contributed by atoms with Gasteiger partial charge in [0.15, 0.2) is 6.10 Å². The Bertz CT molecular complexity index is 697. The third-order valence-corrected chi connectivity index (χ3v) is 3.76. The minimum absolute atomic E-state index is 0.150. The van der Waals surface area contributed by atoms with Gasteiger partial charge < -0.3 is 14.8 Å². The van der Waals surface area contributed by atoms with Gasteiger partial charge in [-0.15, -0.1) is 0 Å². The van der Waals surface area contributed by atoms with Crippen LogP contribution in [0.5, 0.6) is 11.5 Å². The zero-order valence-electron chi connectivity index (χ0n) is 14.8. The summed E-state index contributed by atoms with van der Waals surface area (Å²) in [5, 5.41) is 2.83. The molecule has 24 heavy (non-hydrogen) atoms. The molecule has 0 fully saturated rings. The van der Waals surface area contributed by atoms with Gasteiger partial charge in [0.1, 0.15) is 18.1 Å². The lowest BCUT2D eigenvalue weighted by Crippen LogP contribution is -2.38. The fourth-order valence-corrected chi connectivity index (χ4v) is 2.37. The second-order valence-corrected chi connectivity index (χ2v) is 5.93. The normalized spacial score (nSPS) is 11.7. The van der Waals surface area contributed by atoms with Gasteiger partial charge in [0.2, 0.25) is 0 Å². The average Bonchev–Trinajstić information content (AvgIpc) is 2.55. The molecule has 0 heterocycles. The van der Waals surface area contributed by atoms with Gasteiger partial charge in [0.05, 0.1) is 6.54 Å². The molecule has 0 saturated heterocycles. The van der Waals surface area contributed by atoms with Gasteiger partial charge in [0, 0.05) is 0 Å². The van der Waals surface area contributed by atoms with Crippen LogP contribution in [0.25, 0.3) is 0 Å². The van der Waals surface area contributed by atoms with Crippen LogP contribution in [-0.4, -0.2) is 25.2 Å². The molecule has 0 bridgehead atoms. The van der Waals surface area contributed by atoms with E-state index in [1.807, 2.05) is 57.2 Å². The SMILES string of the molecule is Cc1ccc(OCCNC(=O)[C@@H](C)Oc2ccccc2C)c(C)c1. The van der Waals surface area contributed by atoms with E-state index in [-0.39, 0.29) is 5.91 Å². The number of ether oxygens (including phenoxy) is 2. The summed E-state index contributed by atoms with van der Waals surface area (Å²) in [5.41, 5.74) is 3.31. The molecule has 0 spiro atoms.